The van der Waals surface area contributed by atoms with Crippen LogP contribution in [0.3, 0.4) is 0 Å². The summed E-state index contributed by atoms with van der Waals surface area (Å²) < 4.78 is 0. The number of nitrogens with zero attached hydrogens (tertiary/aromatic N) is 1. The van der Waals surface area contributed by atoms with Crippen molar-refractivity contribution in [3.63, 3.8) is 0 Å². The second-order valence-electron chi connectivity index (χ2n) is 3.71. The molecule has 2 aromatic heterocycles. The van der Waals surface area contributed by atoms with E-state index in [-0.39, 0.29) is 0 Å². The van der Waals surface area contributed by atoms with Gasteiger partial charge in [-0.15, -0.1) is 23.1 Å². The molecule has 0 bridgehead atoms. The maximum Gasteiger partial charge on any atom is 0.0960 e. The molecule has 0 aliphatic rings. The SMILES string of the molecule is CC(NCCSc1ccccn1)c1cccs1. The average molecular weight is 264 g/mol. The second-order valence-corrected chi connectivity index (χ2v) is 5.80. The Hall–Kier alpha value is -0.840. The third kappa shape index (κ3) is 4.15. The van der Waals surface area contributed by atoms with Crippen LogP contribution in [-0.2, 0) is 0 Å². The topological polar surface area (TPSA) is 24.9 Å². The van der Waals surface area contributed by atoms with Gasteiger partial charge in [-0.2, -0.15) is 0 Å². The fourth-order valence-electron chi connectivity index (χ4n) is 1.50. The number of thioether (sulfide) groups is 1. The van der Waals surface area contributed by atoms with E-state index >= 15 is 0 Å². The van der Waals surface area contributed by atoms with E-state index in [1.54, 1.807) is 23.1 Å². The summed E-state index contributed by atoms with van der Waals surface area (Å²) in [4.78, 5) is 5.68. The maximum atomic E-state index is 4.28. The molecule has 1 atom stereocenters. The molecule has 0 radical (unpaired) electrons. The zero-order chi connectivity index (χ0) is 11.9. The molecule has 2 heterocycles. The molecule has 0 aliphatic carbocycles. The third-order valence-electron chi connectivity index (χ3n) is 2.41. The first-order chi connectivity index (χ1) is 8.36. The number of rotatable bonds is 6. The van der Waals surface area contributed by atoms with Crippen molar-refractivity contribution in [3.05, 3.63) is 46.8 Å². The van der Waals surface area contributed by atoms with Gasteiger partial charge in [-0.25, -0.2) is 4.98 Å². The van der Waals surface area contributed by atoms with Crippen molar-refractivity contribution in [3.8, 4) is 0 Å². The van der Waals surface area contributed by atoms with Crippen LogP contribution in [0, 0.1) is 0 Å². The van der Waals surface area contributed by atoms with Crippen LogP contribution >= 0.6 is 23.1 Å². The largest absolute Gasteiger partial charge is 0.309 e. The Labute approximate surface area is 110 Å². The number of thiophene rings is 1. The summed E-state index contributed by atoms with van der Waals surface area (Å²) in [6.45, 7) is 3.21. The number of hydrogen-bond donors (Lipinski definition) is 1. The Morgan fingerprint density at radius 1 is 1.35 bits per heavy atom. The first-order valence-corrected chi connectivity index (χ1v) is 7.53. The number of pyridine rings is 1. The molecule has 1 unspecified atom stereocenters. The molecule has 1 N–H and O–H groups in total. The van der Waals surface area contributed by atoms with Gasteiger partial charge in [0.1, 0.15) is 0 Å². The Bertz CT molecular complexity index is 414. The molecule has 2 aromatic rings. The Morgan fingerprint density at radius 2 is 2.29 bits per heavy atom. The minimum atomic E-state index is 0.444. The summed E-state index contributed by atoms with van der Waals surface area (Å²) in [5.74, 6) is 1.05. The molecule has 0 fully saturated rings. The molecule has 2 nitrogen and oxygen atoms in total. The number of nitrogens with one attached hydrogen (secondary N) is 1. The number of hydrogen-bond acceptors (Lipinski definition) is 4. The van der Waals surface area contributed by atoms with Gasteiger partial charge in [0, 0.05) is 29.4 Å². The molecule has 0 amide bonds. The van der Waals surface area contributed by atoms with Crippen LogP contribution in [0.5, 0.6) is 0 Å². The Morgan fingerprint density at radius 3 is 3.00 bits per heavy atom. The average Bonchev–Trinajstić information content (AvgIpc) is 2.89. The quantitative estimate of drug-likeness (QED) is 0.637. The van der Waals surface area contributed by atoms with Crippen molar-refractivity contribution in [1.82, 2.24) is 10.3 Å². The fraction of sp³-hybridized carbons (Fsp3) is 0.308. The zero-order valence-electron chi connectivity index (χ0n) is 9.80. The molecular formula is C13H16N2S2. The Balaban J connectivity index is 1.67. The van der Waals surface area contributed by atoms with Crippen LogP contribution in [0.15, 0.2) is 46.9 Å². The Kier molecular flexibility index (Phi) is 5.04. The lowest BCUT2D eigenvalue weighted by atomic mass is 10.3. The summed E-state index contributed by atoms with van der Waals surface area (Å²) in [5.41, 5.74) is 0. The van der Waals surface area contributed by atoms with Gasteiger partial charge in [0.25, 0.3) is 0 Å². The van der Waals surface area contributed by atoms with Gasteiger partial charge in [-0.3, -0.25) is 0 Å². The summed E-state index contributed by atoms with van der Waals surface area (Å²) in [7, 11) is 0. The van der Waals surface area contributed by atoms with Gasteiger partial charge in [0.15, 0.2) is 0 Å². The van der Waals surface area contributed by atoms with Crippen LogP contribution < -0.4 is 5.32 Å². The standard InChI is InChI=1S/C13H16N2S2/c1-11(12-5-4-9-16-12)14-8-10-17-13-6-2-3-7-15-13/h2-7,9,11,14H,8,10H2,1H3. The highest BCUT2D eigenvalue weighted by molar-refractivity contribution is 7.99. The lowest BCUT2D eigenvalue weighted by molar-refractivity contribution is 0.610. The van der Waals surface area contributed by atoms with Gasteiger partial charge in [0.2, 0.25) is 0 Å². The van der Waals surface area contributed by atoms with E-state index in [4.69, 9.17) is 0 Å². The highest BCUT2D eigenvalue weighted by Crippen LogP contribution is 2.18. The molecule has 0 spiro atoms. The van der Waals surface area contributed by atoms with Gasteiger partial charge >= 0.3 is 0 Å². The predicted octanol–water partition coefficient (Wildman–Crippen LogP) is 3.59. The zero-order valence-corrected chi connectivity index (χ0v) is 11.4. The van der Waals surface area contributed by atoms with Crippen molar-refractivity contribution in [2.45, 2.75) is 18.0 Å². The lowest BCUT2D eigenvalue weighted by Crippen LogP contribution is -2.20. The minimum absolute atomic E-state index is 0.444. The van der Waals surface area contributed by atoms with E-state index in [0.717, 1.165) is 17.3 Å². The molecule has 0 aromatic carbocycles. The summed E-state index contributed by atoms with van der Waals surface area (Å²) in [6.07, 6.45) is 1.84. The van der Waals surface area contributed by atoms with E-state index < -0.39 is 0 Å². The highest BCUT2D eigenvalue weighted by atomic mass is 32.2. The van der Waals surface area contributed by atoms with Crippen molar-refractivity contribution in [1.29, 1.82) is 0 Å². The van der Waals surface area contributed by atoms with Crippen LogP contribution in [0.4, 0.5) is 0 Å². The molecule has 2 rings (SSSR count). The molecule has 90 valence electrons. The first kappa shape index (κ1) is 12.6. The number of aromatic nitrogens is 1. The maximum absolute atomic E-state index is 4.28. The summed E-state index contributed by atoms with van der Waals surface area (Å²) in [6, 6.07) is 10.7. The smallest absolute Gasteiger partial charge is 0.0960 e. The van der Waals surface area contributed by atoms with E-state index in [0.29, 0.717) is 6.04 Å². The van der Waals surface area contributed by atoms with E-state index in [9.17, 15) is 0 Å². The molecular weight excluding hydrogens is 248 g/mol. The van der Waals surface area contributed by atoms with E-state index in [2.05, 4.69) is 34.7 Å². The molecule has 17 heavy (non-hydrogen) atoms. The highest BCUT2D eigenvalue weighted by Gasteiger charge is 2.04. The van der Waals surface area contributed by atoms with Crippen LogP contribution in [-0.4, -0.2) is 17.3 Å². The van der Waals surface area contributed by atoms with Gasteiger partial charge in [0.05, 0.1) is 5.03 Å². The van der Waals surface area contributed by atoms with Gasteiger partial charge in [-0.05, 0) is 30.5 Å². The van der Waals surface area contributed by atoms with E-state index in [1.807, 2.05) is 24.4 Å². The van der Waals surface area contributed by atoms with Crippen LogP contribution in [0.25, 0.3) is 0 Å². The van der Waals surface area contributed by atoms with Crippen LogP contribution in [0.1, 0.15) is 17.8 Å². The van der Waals surface area contributed by atoms with Crippen molar-refractivity contribution in [2.24, 2.45) is 0 Å². The lowest BCUT2D eigenvalue weighted by Gasteiger charge is -2.11. The summed E-state index contributed by atoms with van der Waals surface area (Å²) in [5, 5.41) is 6.73. The third-order valence-corrected chi connectivity index (χ3v) is 4.41. The molecule has 4 heteroatoms. The predicted molar refractivity (Wildman–Crippen MR) is 75.7 cm³/mol. The van der Waals surface area contributed by atoms with Gasteiger partial charge < -0.3 is 5.32 Å². The summed E-state index contributed by atoms with van der Waals surface area (Å²) >= 11 is 3.59. The van der Waals surface area contributed by atoms with E-state index in [1.165, 1.54) is 4.88 Å². The second kappa shape index (κ2) is 6.79. The monoisotopic (exact) mass is 264 g/mol. The fourth-order valence-corrected chi connectivity index (χ4v) is 3.00. The molecule has 0 saturated heterocycles. The minimum Gasteiger partial charge on any atom is -0.309 e. The first-order valence-electron chi connectivity index (χ1n) is 5.67. The molecule has 0 aliphatic heterocycles. The van der Waals surface area contributed by atoms with Crippen molar-refractivity contribution < 1.29 is 0 Å². The normalized spacial score (nSPS) is 12.5. The van der Waals surface area contributed by atoms with Gasteiger partial charge in [-0.1, -0.05) is 12.1 Å². The van der Waals surface area contributed by atoms with Crippen LogP contribution in [0.2, 0.25) is 0 Å². The van der Waals surface area contributed by atoms with Crippen molar-refractivity contribution in [2.75, 3.05) is 12.3 Å². The molecule has 0 saturated carbocycles. The van der Waals surface area contributed by atoms with Crippen molar-refractivity contribution >= 4 is 23.1 Å².